The van der Waals surface area contributed by atoms with Gasteiger partial charge >= 0.3 is 0 Å². The minimum atomic E-state index is -0.440. The molecule has 3 aromatic carbocycles. The van der Waals surface area contributed by atoms with E-state index in [1.54, 1.807) is 68.8 Å². The number of carbonyl (C=O) groups excluding carboxylic acids is 2. The molecule has 1 N–H and O–H groups in total. The SMILES string of the molecule is CCOc1ccc(C2=C(Nc3cc(OC)cc(OC)c3)C(=O)N(c3ccccc3C)C2=O)cc1. The van der Waals surface area contributed by atoms with Gasteiger partial charge in [-0.05, 0) is 43.2 Å². The predicted molar refractivity (Wildman–Crippen MR) is 131 cm³/mol. The van der Waals surface area contributed by atoms with E-state index in [1.165, 1.54) is 4.90 Å². The first-order chi connectivity index (χ1) is 16.5. The zero-order chi connectivity index (χ0) is 24.2. The highest BCUT2D eigenvalue weighted by Crippen LogP contribution is 2.36. The van der Waals surface area contributed by atoms with Crippen molar-refractivity contribution in [2.24, 2.45) is 0 Å². The highest BCUT2D eigenvalue weighted by molar-refractivity contribution is 6.46. The quantitative estimate of drug-likeness (QED) is 0.489. The fourth-order valence-electron chi connectivity index (χ4n) is 3.86. The summed E-state index contributed by atoms with van der Waals surface area (Å²) in [5, 5.41) is 3.15. The standard InChI is InChI=1S/C27H26N2O5/c1-5-34-20-12-10-18(11-13-20)24-25(28-19-14-21(32-3)16-22(15-19)33-4)27(31)29(26(24)30)23-9-7-6-8-17(23)2/h6-16,28H,5H2,1-4H3. The minimum absolute atomic E-state index is 0.174. The Bertz CT molecular complexity index is 1240. The zero-order valence-electron chi connectivity index (χ0n) is 19.5. The topological polar surface area (TPSA) is 77.1 Å². The van der Waals surface area contributed by atoms with Crippen molar-refractivity contribution in [2.45, 2.75) is 13.8 Å². The lowest BCUT2D eigenvalue weighted by Crippen LogP contribution is -2.33. The summed E-state index contributed by atoms with van der Waals surface area (Å²) in [5.41, 5.74) is 2.98. The first-order valence-electron chi connectivity index (χ1n) is 10.9. The molecule has 7 nitrogen and oxygen atoms in total. The number of hydrogen-bond acceptors (Lipinski definition) is 6. The van der Waals surface area contributed by atoms with Crippen LogP contribution in [0.25, 0.3) is 5.57 Å². The molecule has 0 bridgehead atoms. The second-order valence-electron chi connectivity index (χ2n) is 7.67. The second kappa shape index (κ2) is 9.70. The van der Waals surface area contributed by atoms with E-state index >= 15 is 0 Å². The number of benzene rings is 3. The molecule has 174 valence electrons. The van der Waals surface area contributed by atoms with Gasteiger partial charge in [0.25, 0.3) is 11.8 Å². The van der Waals surface area contributed by atoms with Crippen molar-refractivity contribution < 1.29 is 23.8 Å². The van der Waals surface area contributed by atoms with E-state index in [1.807, 2.05) is 26.0 Å². The molecule has 0 spiro atoms. The van der Waals surface area contributed by atoms with Crippen LogP contribution >= 0.6 is 0 Å². The number of para-hydroxylation sites is 1. The average molecular weight is 459 g/mol. The number of nitrogens with zero attached hydrogens (tertiary/aromatic N) is 1. The number of amides is 2. The number of hydrogen-bond donors (Lipinski definition) is 1. The summed E-state index contributed by atoms with van der Waals surface area (Å²) in [4.78, 5) is 28.5. The molecule has 1 aliphatic rings. The molecule has 4 rings (SSSR count). The predicted octanol–water partition coefficient (Wildman–Crippen LogP) is 4.81. The van der Waals surface area contributed by atoms with Gasteiger partial charge in [0.15, 0.2) is 0 Å². The highest BCUT2D eigenvalue weighted by Gasteiger charge is 2.40. The maximum Gasteiger partial charge on any atom is 0.282 e. The molecule has 0 unspecified atom stereocenters. The normalized spacial score (nSPS) is 13.4. The number of imide groups is 1. The van der Waals surface area contributed by atoms with Crippen LogP contribution in [0.15, 0.2) is 72.4 Å². The van der Waals surface area contributed by atoms with Gasteiger partial charge in [0.1, 0.15) is 22.9 Å². The molecular formula is C27H26N2O5. The van der Waals surface area contributed by atoms with Crippen LogP contribution in [0.5, 0.6) is 17.2 Å². The van der Waals surface area contributed by atoms with Crippen LogP contribution in [-0.4, -0.2) is 32.6 Å². The van der Waals surface area contributed by atoms with Gasteiger partial charge in [-0.15, -0.1) is 0 Å². The van der Waals surface area contributed by atoms with Gasteiger partial charge in [0.05, 0.1) is 32.1 Å². The Morgan fingerprint density at radius 2 is 1.47 bits per heavy atom. The second-order valence-corrected chi connectivity index (χ2v) is 7.67. The van der Waals surface area contributed by atoms with E-state index in [4.69, 9.17) is 14.2 Å². The number of methoxy groups -OCH3 is 2. The molecule has 0 saturated carbocycles. The molecule has 0 saturated heterocycles. The molecule has 0 atom stereocenters. The van der Waals surface area contributed by atoms with Crippen molar-refractivity contribution in [1.29, 1.82) is 0 Å². The molecule has 0 radical (unpaired) electrons. The van der Waals surface area contributed by atoms with Gasteiger partial charge in [-0.2, -0.15) is 0 Å². The van der Waals surface area contributed by atoms with E-state index in [0.29, 0.717) is 40.8 Å². The fourth-order valence-corrected chi connectivity index (χ4v) is 3.86. The first-order valence-corrected chi connectivity index (χ1v) is 10.9. The maximum absolute atomic E-state index is 13.7. The first kappa shape index (κ1) is 22.9. The Labute approximate surface area is 198 Å². The Kier molecular flexibility index (Phi) is 6.54. The van der Waals surface area contributed by atoms with Crippen LogP contribution in [0, 0.1) is 6.92 Å². The van der Waals surface area contributed by atoms with E-state index in [-0.39, 0.29) is 11.3 Å². The van der Waals surface area contributed by atoms with Gasteiger partial charge in [-0.25, -0.2) is 4.90 Å². The van der Waals surface area contributed by atoms with E-state index in [2.05, 4.69) is 5.32 Å². The van der Waals surface area contributed by atoms with Crippen molar-refractivity contribution in [3.8, 4) is 17.2 Å². The summed E-state index contributed by atoms with van der Waals surface area (Å²) >= 11 is 0. The Balaban J connectivity index is 1.82. The third kappa shape index (κ3) is 4.32. The van der Waals surface area contributed by atoms with Crippen molar-refractivity contribution in [3.63, 3.8) is 0 Å². The minimum Gasteiger partial charge on any atom is -0.497 e. The average Bonchev–Trinajstić information content (AvgIpc) is 3.09. The zero-order valence-corrected chi connectivity index (χ0v) is 19.5. The van der Waals surface area contributed by atoms with Crippen molar-refractivity contribution >= 4 is 28.8 Å². The monoisotopic (exact) mass is 458 g/mol. The van der Waals surface area contributed by atoms with E-state index < -0.39 is 11.8 Å². The summed E-state index contributed by atoms with van der Waals surface area (Å²) in [6.45, 7) is 4.30. The molecule has 1 heterocycles. The summed E-state index contributed by atoms with van der Waals surface area (Å²) in [7, 11) is 3.10. The van der Waals surface area contributed by atoms with Crippen molar-refractivity contribution in [1.82, 2.24) is 0 Å². The molecule has 34 heavy (non-hydrogen) atoms. The number of nitrogens with one attached hydrogen (secondary N) is 1. The van der Waals surface area contributed by atoms with Crippen LogP contribution in [0.3, 0.4) is 0 Å². The Morgan fingerprint density at radius 1 is 0.824 bits per heavy atom. The summed E-state index contributed by atoms with van der Waals surface area (Å²) in [6.07, 6.45) is 0. The van der Waals surface area contributed by atoms with Crippen LogP contribution in [0.1, 0.15) is 18.1 Å². The lowest BCUT2D eigenvalue weighted by molar-refractivity contribution is -0.120. The maximum atomic E-state index is 13.7. The van der Waals surface area contributed by atoms with Gasteiger partial charge in [-0.1, -0.05) is 30.3 Å². The molecule has 1 aliphatic heterocycles. The number of carbonyl (C=O) groups is 2. The Morgan fingerprint density at radius 3 is 2.06 bits per heavy atom. The van der Waals surface area contributed by atoms with Crippen LogP contribution < -0.4 is 24.4 Å². The van der Waals surface area contributed by atoms with E-state index in [0.717, 1.165) is 5.56 Å². The van der Waals surface area contributed by atoms with Crippen LogP contribution in [0.4, 0.5) is 11.4 Å². The summed E-state index contributed by atoms with van der Waals surface area (Å²) in [6, 6.07) is 19.6. The van der Waals surface area contributed by atoms with Gasteiger partial charge in [-0.3, -0.25) is 9.59 Å². The molecular weight excluding hydrogens is 432 g/mol. The fraction of sp³-hybridized carbons (Fsp3) is 0.185. The number of ether oxygens (including phenoxy) is 3. The third-order valence-corrected chi connectivity index (χ3v) is 5.52. The van der Waals surface area contributed by atoms with E-state index in [9.17, 15) is 9.59 Å². The molecule has 2 amide bonds. The van der Waals surface area contributed by atoms with Crippen molar-refractivity contribution in [3.05, 3.63) is 83.6 Å². The van der Waals surface area contributed by atoms with Crippen LogP contribution in [-0.2, 0) is 9.59 Å². The molecule has 7 heteroatoms. The van der Waals surface area contributed by atoms with Crippen LogP contribution in [0.2, 0.25) is 0 Å². The third-order valence-electron chi connectivity index (χ3n) is 5.52. The molecule has 0 fully saturated rings. The number of rotatable bonds is 8. The molecule has 3 aromatic rings. The van der Waals surface area contributed by atoms with Gasteiger partial charge < -0.3 is 19.5 Å². The lowest BCUT2D eigenvalue weighted by Gasteiger charge is -2.18. The molecule has 0 aliphatic carbocycles. The van der Waals surface area contributed by atoms with Gasteiger partial charge in [0, 0.05) is 23.9 Å². The number of anilines is 2. The largest absolute Gasteiger partial charge is 0.497 e. The summed E-state index contributed by atoms with van der Waals surface area (Å²) in [5.74, 6) is 0.951. The Hall–Kier alpha value is -4.26. The lowest BCUT2D eigenvalue weighted by atomic mass is 10.0. The van der Waals surface area contributed by atoms with Crippen molar-refractivity contribution in [2.75, 3.05) is 31.0 Å². The smallest absolute Gasteiger partial charge is 0.282 e. The molecule has 0 aromatic heterocycles. The van der Waals surface area contributed by atoms with Gasteiger partial charge in [0.2, 0.25) is 0 Å². The summed E-state index contributed by atoms with van der Waals surface area (Å²) < 4.78 is 16.2. The number of aryl methyl sites for hydroxylation is 1. The highest BCUT2D eigenvalue weighted by atomic mass is 16.5.